The van der Waals surface area contributed by atoms with E-state index in [0.29, 0.717) is 89.4 Å². The van der Waals surface area contributed by atoms with Crippen LogP contribution >= 0.6 is 0 Å². The fourth-order valence-corrected chi connectivity index (χ4v) is 14.0. The fourth-order valence-electron chi connectivity index (χ4n) is 14.0. The first-order chi connectivity index (χ1) is 53.5. The third kappa shape index (κ3) is 20.1. The number of rotatable bonds is 38. The molecule has 0 radical (unpaired) electrons. The van der Waals surface area contributed by atoms with E-state index in [2.05, 4.69) is 60.7 Å². The Labute approximate surface area is 638 Å². The van der Waals surface area contributed by atoms with Gasteiger partial charge in [0, 0.05) is 66.2 Å². The molecule has 32 heteroatoms. The number of anilines is 2. The fraction of sp³-hybridized carbons (Fsp3) is 0.443. The maximum Gasteiger partial charge on any atom is 0.407 e. The Morgan fingerprint density at radius 2 is 1.43 bits per heavy atom. The Bertz CT molecular complexity index is 4630. The van der Waals surface area contributed by atoms with Gasteiger partial charge in [0.2, 0.25) is 41.4 Å². The summed E-state index contributed by atoms with van der Waals surface area (Å²) in [5.74, 6) is -5.02. The number of carbonyl (C=O) groups is 10. The van der Waals surface area contributed by atoms with Gasteiger partial charge < -0.3 is 96.0 Å². The predicted molar refractivity (Wildman–Crippen MR) is 402 cm³/mol. The first kappa shape index (κ1) is 81.0. The van der Waals surface area contributed by atoms with E-state index in [9.17, 15) is 57.8 Å². The second kappa shape index (κ2) is 37.6. The number of urea groups is 1. The minimum absolute atomic E-state index is 0.0346. The van der Waals surface area contributed by atoms with Crippen molar-refractivity contribution >= 4 is 92.9 Å². The summed E-state index contributed by atoms with van der Waals surface area (Å²) >= 11 is 0. The van der Waals surface area contributed by atoms with Gasteiger partial charge in [0.15, 0.2) is 5.60 Å². The van der Waals surface area contributed by atoms with Gasteiger partial charge in [-0.15, -0.1) is 0 Å². The first-order valence-electron chi connectivity index (χ1n) is 37.2. The average Bonchev–Trinajstić information content (AvgIpc) is 1.60. The summed E-state index contributed by atoms with van der Waals surface area (Å²) in [6.45, 7) is 7.53. The maximum atomic E-state index is 15.4. The Hall–Kier alpha value is -11.0. The highest BCUT2D eigenvalue weighted by molar-refractivity contribution is 6.13. The van der Waals surface area contributed by atoms with Crippen molar-refractivity contribution in [3.63, 3.8) is 0 Å². The number of aliphatic hydroxyl groups is 1. The van der Waals surface area contributed by atoms with Crippen molar-refractivity contribution in [2.24, 2.45) is 11.7 Å². The molecule has 111 heavy (non-hydrogen) atoms. The summed E-state index contributed by atoms with van der Waals surface area (Å²) in [4.78, 5) is 150. The van der Waals surface area contributed by atoms with E-state index in [0.717, 1.165) is 28.8 Å². The van der Waals surface area contributed by atoms with Gasteiger partial charge in [-0.05, 0) is 120 Å². The van der Waals surface area contributed by atoms with Crippen LogP contribution in [0.25, 0.3) is 33.4 Å². The van der Waals surface area contributed by atoms with Gasteiger partial charge in [-0.25, -0.2) is 23.8 Å². The van der Waals surface area contributed by atoms with E-state index < -0.39 is 109 Å². The highest BCUT2D eigenvalue weighted by Crippen LogP contribution is 2.52. The number of amides is 10. The van der Waals surface area contributed by atoms with Gasteiger partial charge in [0.25, 0.3) is 5.56 Å². The quantitative estimate of drug-likeness (QED) is 0.0140. The van der Waals surface area contributed by atoms with Crippen molar-refractivity contribution in [3.8, 4) is 11.4 Å². The zero-order valence-corrected chi connectivity index (χ0v) is 62.4. The van der Waals surface area contributed by atoms with Crippen LogP contribution in [0.5, 0.6) is 0 Å². The molecule has 10 amide bonds. The van der Waals surface area contributed by atoms with Crippen LogP contribution in [-0.2, 0) is 110 Å². The molecule has 31 nitrogen and oxygen atoms in total. The number of benzene rings is 4. The number of para-hydroxylation sites is 1. The smallest absolute Gasteiger partial charge is 0.407 e. The minimum atomic E-state index is -2.06. The summed E-state index contributed by atoms with van der Waals surface area (Å²) in [5.41, 5.74) is 13.9. The van der Waals surface area contributed by atoms with E-state index in [1.165, 1.54) is 27.3 Å². The summed E-state index contributed by atoms with van der Waals surface area (Å²) in [7, 11) is 0. The molecular weight excluding hydrogens is 1440 g/mol. The molecule has 5 aliphatic rings. The SMILES string of the molecule is CC[C@@]1(O)C(=O)OCc2c1cc1n(c2=O)Cc2c-1nc1cc(F)c(C)c3c1c2[C@@H](NC(=O)COCNC(=O)CNC(=O)OCc1ccc(NC(=O)[C@H](CCCNC(N)=O)NC(=O)[C@@H](NC(=O)CCOCCOCCOCCOCCNC(=O)CCC(=O)N2Cc4ccccc4C4=C(C4)c4ccccc42)C(C)C)cc1)CC3. The molecule has 0 spiro atoms. The number of nitrogens with one attached hydrogen (secondary N) is 8. The number of halogens is 1. The lowest BCUT2D eigenvalue weighted by atomic mass is 9.81. The van der Waals surface area contributed by atoms with Crippen molar-refractivity contribution in [2.45, 2.75) is 136 Å². The van der Waals surface area contributed by atoms with E-state index in [4.69, 9.17) is 43.9 Å². The molecule has 0 fully saturated rings. The molecule has 11 rings (SSSR count). The van der Waals surface area contributed by atoms with E-state index >= 15 is 4.39 Å². The Kier molecular flexibility index (Phi) is 27.4. The number of pyridine rings is 2. The molecule has 5 heterocycles. The third-order valence-electron chi connectivity index (χ3n) is 20.0. The molecule has 0 saturated heterocycles. The monoisotopic (exact) mass is 1530 g/mol. The second-order valence-electron chi connectivity index (χ2n) is 27.8. The normalized spacial score (nSPS) is 16.0. The number of aromatic nitrogens is 2. The number of primary amides is 1. The number of cyclic esters (lactones) is 1. The molecule has 4 aromatic carbocycles. The van der Waals surface area contributed by atoms with Gasteiger partial charge in [-0.3, -0.25) is 38.4 Å². The van der Waals surface area contributed by atoms with E-state index in [1.54, 1.807) is 62.9 Å². The molecule has 0 unspecified atom stereocenters. The molecule has 11 N–H and O–H groups in total. The van der Waals surface area contributed by atoms with Gasteiger partial charge in [0.05, 0.1) is 100 Å². The van der Waals surface area contributed by atoms with Crippen LogP contribution < -0.4 is 58.7 Å². The number of allylic oxidation sites excluding steroid dienone is 2. The number of aryl methyl sites for hydroxylation is 1. The largest absolute Gasteiger partial charge is 0.458 e. The minimum Gasteiger partial charge on any atom is -0.458 e. The maximum absolute atomic E-state index is 15.4. The van der Waals surface area contributed by atoms with Gasteiger partial charge in [-0.1, -0.05) is 75.4 Å². The third-order valence-corrected chi connectivity index (χ3v) is 20.0. The van der Waals surface area contributed by atoms with Gasteiger partial charge in [0.1, 0.15) is 51.0 Å². The molecule has 2 aromatic heterocycles. The van der Waals surface area contributed by atoms with Crippen molar-refractivity contribution in [1.29, 1.82) is 0 Å². The van der Waals surface area contributed by atoms with Crippen molar-refractivity contribution in [1.82, 2.24) is 46.8 Å². The highest BCUT2D eigenvalue weighted by atomic mass is 19.1. The van der Waals surface area contributed by atoms with Crippen LogP contribution in [-0.4, -0.2) is 172 Å². The number of hydrogen-bond acceptors (Lipinski definition) is 20. The molecule has 4 atom stereocenters. The number of alkyl carbamates (subject to hydrolysis) is 1. The highest BCUT2D eigenvalue weighted by Gasteiger charge is 2.46. The molecular formula is C79H93FN12O19. The number of hydrogen-bond donors (Lipinski definition) is 10. The predicted octanol–water partition coefficient (Wildman–Crippen LogP) is 4.87. The molecule has 2 aliphatic carbocycles. The van der Waals surface area contributed by atoms with Crippen LogP contribution in [0.15, 0.2) is 89.7 Å². The van der Waals surface area contributed by atoms with E-state index in [1.807, 2.05) is 30.3 Å². The van der Waals surface area contributed by atoms with Crippen molar-refractivity contribution < 1.29 is 90.6 Å². The van der Waals surface area contributed by atoms with Crippen molar-refractivity contribution in [2.75, 3.05) is 96.0 Å². The van der Waals surface area contributed by atoms with Crippen LogP contribution in [0.4, 0.5) is 25.4 Å². The Morgan fingerprint density at radius 1 is 0.730 bits per heavy atom. The van der Waals surface area contributed by atoms with Gasteiger partial charge >= 0.3 is 18.1 Å². The number of fused-ring (bicyclic) bond motifs is 9. The zero-order valence-electron chi connectivity index (χ0n) is 62.4. The Morgan fingerprint density at radius 3 is 2.16 bits per heavy atom. The topological polar surface area (TPSA) is 416 Å². The molecule has 6 aromatic rings. The summed E-state index contributed by atoms with van der Waals surface area (Å²) in [6.07, 6.45) is 1.02. The van der Waals surface area contributed by atoms with Gasteiger partial charge in [-0.2, -0.15) is 0 Å². The van der Waals surface area contributed by atoms with Crippen LogP contribution in [0.1, 0.15) is 134 Å². The first-order valence-corrected chi connectivity index (χ1v) is 37.2. The lowest BCUT2D eigenvalue weighted by Crippen LogP contribution is -2.54. The average molecular weight is 1530 g/mol. The number of ether oxygens (including phenoxy) is 7. The number of nitrogens with two attached hydrogens (primary N) is 1. The number of nitrogens with zero attached hydrogens (tertiary/aromatic N) is 3. The lowest BCUT2D eigenvalue weighted by Gasteiger charge is -2.31. The second-order valence-corrected chi connectivity index (χ2v) is 27.8. The van der Waals surface area contributed by atoms with Crippen molar-refractivity contribution in [3.05, 3.63) is 157 Å². The lowest BCUT2D eigenvalue weighted by molar-refractivity contribution is -0.172. The van der Waals surface area contributed by atoms with Crippen LogP contribution in [0.2, 0.25) is 0 Å². The standard InChI is InChI=1S/C79H93FN12O19/c1-5-79(104)57-36-63-72-55(40-92(63)75(100)56(57)42-110-76(79)101)70-59(21-20-50-46(4)58(80)37-61(88-72)69(50)70)87-67(96)43-109-44-85-66(95)38-84-78(103)111-41-47-16-18-49(19-17-47)86-73(98)60(14-10-25-83-77(81)102)89-74(99)71(45(2)3)90-65(94)24-27-105-29-31-107-33-34-108-32-30-106-28-26-82-64(93)22-23-68(97)91-39-48-11-6-7-12-51(48)53-35-54(53)52-13-8-9-15-62(52)91/h6-9,11-13,15-19,36-37,45,59-60,71,104H,5,10,14,20-35,38-44H2,1-4H3,(H,82,93)(H,84,103)(H,85,95)(H,86,98)(H,87,96)(H,89,99)(H,90,94)(H3,81,83,102)/t59-,60-,71-,79-/m0/s1. The number of carbonyl (C=O) groups excluding carboxylic acids is 10. The van der Waals surface area contributed by atoms with Crippen LogP contribution in [0.3, 0.4) is 0 Å². The molecule has 3 aliphatic heterocycles. The zero-order chi connectivity index (χ0) is 78.9. The Balaban J connectivity index is 0.533. The summed E-state index contributed by atoms with van der Waals surface area (Å²) in [5, 5.41) is 33.3. The van der Waals surface area contributed by atoms with E-state index in [-0.39, 0.29) is 127 Å². The molecule has 0 saturated carbocycles. The summed E-state index contributed by atoms with van der Waals surface area (Å²) in [6, 6.07) is 21.6. The van der Waals surface area contributed by atoms with Crippen LogP contribution in [0, 0.1) is 18.7 Å². The molecule has 590 valence electrons. The number of esters is 1. The summed E-state index contributed by atoms with van der Waals surface area (Å²) < 4.78 is 55.2. The molecule has 0 bridgehead atoms.